The third-order valence-electron chi connectivity index (χ3n) is 2.51. The van der Waals surface area contributed by atoms with Crippen molar-refractivity contribution in [3.8, 4) is 0 Å². The maximum Gasteiger partial charge on any atom is 0.303 e. The minimum absolute atomic E-state index is 0.211. The van der Waals surface area contributed by atoms with Gasteiger partial charge in [0.25, 0.3) is 0 Å². The molecule has 0 saturated carbocycles. The average molecular weight is 240 g/mol. The van der Waals surface area contributed by atoms with Crippen LogP contribution in [0.15, 0.2) is 18.5 Å². The molecule has 0 fully saturated rings. The fourth-order valence-corrected chi connectivity index (χ4v) is 1.65. The lowest BCUT2D eigenvalue weighted by atomic mass is 10.3. The summed E-state index contributed by atoms with van der Waals surface area (Å²) in [5.41, 5.74) is 5.53. The van der Waals surface area contributed by atoms with E-state index in [1.54, 1.807) is 6.20 Å². The molecule has 3 N–H and O–H groups in total. The number of hydrogen-bond acceptors (Lipinski definition) is 4. The van der Waals surface area contributed by atoms with Gasteiger partial charge in [0.2, 0.25) is 0 Å². The normalized spacial score (nSPS) is 10.9. The molecule has 0 spiro atoms. The Labute approximate surface area is 101 Å². The first-order valence-electron chi connectivity index (χ1n) is 5.84. The Hall–Kier alpha value is -1.40. The van der Waals surface area contributed by atoms with Crippen LogP contribution < -0.4 is 5.73 Å². The minimum Gasteiger partial charge on any atom is -0.481 e. The Bertz CT molecular complexity index is 313. The number of nitrogens with zero attached hydrogens (tertiary/aromatic N) is 3. The highest BCUT2D eigenvalue weighted by Crippen LogP contribution is 1.96. The van der Waals surface area contributed by atoms with E-state index in [-0.39, 0.29) is 6.42 Å². The number of carboxylic acids is 1. The van der Waals surface area contributed by atoms with Crippen LogP contribution in [0.2, 0.25) is 0 Å². The van der Waals surface area contributed by atoms with Gasteiger partial charge in [-0.2, -0.15) is 5.10 Å². The maximum atomic E-state index is 10.4. The number of rotatable bonds is 9. The van der Waals surface area contributed by atoms with E-state index in [9.17, 15) is 4.79 Å². The molecule has 0 atom stereocenters. The molecule has 0 aromatic carbocycles. The molecule has 0 aliphatic carbocycles. The number of nitrogens with two attached hydrogens (primary N) is 1. The van der Waals surface area contributed by atoms with Crippen molar-refractivity contribution in [2.45, 2.75) is 19.4 Å². The molecule has 6 heteroatoms. The summed E-state index contributed by atoms with van der Waals surface area (Å²) in [5, 5.41) is 12.7. The molecule has 0 unspecified atom stereocenters. The van der Waals surface area contributed by atoms with Crippen LogP contribution in [0.3, 0.4) is 0 Å². The largest absolute Gasteiger partial charge is 0.481 e. The monoisotopic (exact) mass is 240 g/mol. The van der Waals surface area contributed by atoms with Gasteiger partial charge in [-0.3, -0.25) is 9.48 Å². The van der Waals surface area contributed by atoms with Gasteiger partial charge in [-0.15, -0.1) is 0 Å². The van der Waals surface area contributed by atoms with Gasteiger partial charge in [-0.1, -0.05) is 0 Å². The van der Waals surface area contributed by atoms with Crippen molar-refractivity contribution in [2.24, 2.45) is 5.73 Å². The molecule has 1 heterocycles. The van der Waals surface area contributed by atoms with Crippen LogP contribution in [-0.2, 0) is 11.3 Å². The van der Waals surface area contributed by atoms with Crippen molar-refractivity contribution < 1.29 is 9.90 Å². The average Bonchev–Trinajstić information content (AvgIpc) is 2.78. The van der Waals surface area contributed by atoms with Crippen LogP contribution in [0.5, 0.6) is 0 Å². The Morgan fingerprint density at radius 2 is 2.24 bits per heavy atom. The molecule has 0 amide bonds. The first-order valence-corrected chi connectivity index (χ1v) is 5.84. The van der Waals surface area contributed by atoms with Crippen molar-refractivity contribution in [1.29, 1.82) is 0 Å². The zero-order valence-corrected chi connectivity index (χ0v) is 9.96. The summed E-state index contributed by atoms with van der Waals surface area (Å²) in [6.07, 6.45) is 4.53. The fraction of sp³-hybridized carbons (Fsp3) is 0.636. The van der Waals surface area contributed by atoms with E-state index in [0.717, 1.165) is 26.2 Å². The van der Waals surface area contributed by atoms with Crippen molar-refractivity contribution in [3.63, 3.8) is 0 Å². The van der Waals surface area contributed by atoms with Gasteiger partial charge in [0.15, 0.2) is 0 Å². The summed E-state index contributed by atoms with van der Waals surface area (Å²) >= 11 is 0. The van der Waals surface area contributed by atoms with Crippen LogP contribution in [0, 0.1) is 0 Å². The van der Waals surface area contributed by atoms with Crippen molar-refractivity contribution in [3.05, 3.63) is 18.5 Å². The molecule has 96 valence electrons. The third kappa shape index (κ3) is 6.03. The van der Waals surface area contributed by atoms with Crippen molar-refractivity contribution >= 4 is 5.97 Å². The summed E-state index contributed by atoms with van der Waals surface area (Å²) in [6.45, 7) is 3.80. The van der Waals surface area contributed by atoms with Crippen LogP contribution >= 0.6 is 0 Å². The Kier molecular flexibility index (Phi) is 6.27. The Morgan fingerprint density at radius 1 is 1.41 bits per heavy atom. The molecule has 1 aromatic heterocycles. The first kappa shape index (κ1) is 13.7. The van der Waals surface area contributed by atoms with Gasteiger partial charge >= 0.3 is 5.97 Å². The van der Waals surface area contributed by atoms with Gasteiger partial charge in [-0.05, 0) is 19.0 Å². The van der Waals surface area contributed by atoms with E-state index < -0.39 is 5.97 Å². The van der Waals surface area contributed by atoms with Crippen LogP contribution in [0.1, 0.15) is 12.8 Å². The maximum absolute atomic E-state index is 10.4. The predicted molar refractivity (Wildman–Crippen MR) is 64.6 cm³/mol. The van der Waals surface area contributed by atoms with Crippen molar-refractivity contribution in [1.82, 2.24) is 14.7 Å². The molecule has 0 aliphatic heterocycles. The zero-order chi connectivity index (χ0) is 12.5. The fourth-order valence-electron chi connectivity index (χ4n) is 1.65. The van der Waals surface area contributed by atoms with E-state index in [4.69, 9.17) is 10.8 Å². The predicted octanol–water partition coefficient (Wildman–Crippen LogP) is 0.00860. The lowest BCUT2D eigenvalue weighted by Gasteiger charge is -2.21. The zero-order valence-electron chi connectivity index (χ0n) is 9.96. The van der Waals surface area contributed by atoms with Gasteiger partial charge in [0.05, 0.1) is 6.54 Å². The highest BCUT2D eigenvalue weighted by molar-refractivity contribution is 5.66. The highest BCUT2D eigenvalue weighted by Gasteiger charge is 2.05. The molecule has 1 aromatic rings. The Morgan fingerprint density at radius 3 is 2.82 bits per heavy atom. The third-order valence-corrected chi connectivity index (χ3v) is 2.51. The molecule has 0 radical (unpaired) electrons. The first-order chi connectivity index (χ1) is 8.22. The molecule has 6 nitrogen and oxygen atoms in total. The lowest BCUT2D eigenvalue weighted by molar-refractivity contribution is -0.137. The quantitative estimate of drug-likeness (QED) is 0.635. The van der Waals surface area contributed by atoms with Crippen LogP contribution in [0.4, 0.5) is 0 Å². The van der Waals surface area contributed by atoms with E-state index in [0.29, 0.717) is 13.0 Å². The second-order valence-electron chi connectivity index (χ2n) is 3.90. The van der Waals surface area contributed by atoms with Gasteiger partial charge < -0.3 is 15.7 Å². The lowest BCUT2D eigenvalue weighted by Crippen LogP contribution is -2.33. The van der Waals surface area contributed by atoms with E-state index in [2.05, 4.69) is 10.00 Å². The van der Waals surface area contributed by atoms with E-state index >= 15 is 0 Å². The number of aliphatic carboxylic acids is 1. The summed E-state index contributed by atoms with van der Waals surface area (Å²) in [4.78, 5) is 12.6. The molecule has 0 saturated heterocycles. The smallest absolute Gasteiger partial charge is 0.303 e. The summed E-state index contributed by atoms with van der Waals surface area (Å²) in [7, 11) is 0. The summed E-state index contributed by atoms with van der Waals surface area (Å²) in [6, 6.07) is 1.89. The number of carbonyl (C=O) groups is 1. The van der Waals surface area contributed by atoms with E-state index in [1.165, 1.54) is 0 Å². The SMILES string of the molecule is NCCN(CCCC(=O)O)CCn1cccn1. The molecule has 1 rings (SSSR count). The topological polar surface area (TPSA) is 84.4 Å². The van der Waals surface area contributed by atoms with Gasteiger partial charge in [0.1, 0.15) is 0 Å². The van der Waals surface area contributed by atoms with Crippen molar-refractivity contribution in [2.75, 3.05) is 26.2 Å². The van der Waals surface area contributed by atoms with Crippen LogP contribution in [0.25, 0.3) is 0 Å². The molecular weight excluding hydrogens is 220 g/mol. The van der Waals surface area contributed by atoms with Gasteiger partial charge in [0, 0.05) is 38.4 Å². The van der Waals surface area contributed by atoms with Crippen LogP contribution in [-0.4, -0.2) is 51.9 Å². The molecule has 0 bridgehead atoms. The number of carboxylic acid groups (broad SMARTS) is 1. The molecule has 17 heavy (non-hydrogen) atoms. The second kappa shape index (κ2) is 7.81. The standard InChI is InChI=1S/C11H20N4O2/c12-4-8-14(6-1-3-11(16)17)9-10-15-7-2-5-13-15/h2,5,7H,1,3-4,6,8-10,12H2,(H,16,17). The highest BCUT2D eigenvalue weighted by atomic mass is 16.4. The Balaban J connectivity index is 2.24. The summed E-state index contributed by atoms with van der Waals surface area (Å²) < 4.78 is 1.86. The number of hydrogen-bond donors (Lipinski definition) is 2. The number of aromatic nitrogens is 2. The van der Waals surface area contributed by atoms with E-state index in [1.807, 2.05) is 16.9 Å². The summed E-state index contributed by atoms with van der Waals surface area (Å²) in [5.74, 6) is -0.746. The van der Waals surface area contributed by atoms with Gasteiger partial charge in [-0.25, -0.2) is 0 Å². The second-order valence-corrected chi connectivity index (χ2v) is 3.90. The minimum atomic E-state index is -0.746. The molecule has 0 aliphatic rings. The molecular formula is C11H20N4O2.